The van der Waals surface area contributed by atoms with Crippen molar-refractivity contribution in [2.75, 3.05) is 11.9 Å². The van der Waals surface area contributed by atoms with Gasteiger partial charge in [-0.15, -0.1) is 0 Å². The molecule has 5 heteroatoms. The van der Waals surface area contributed by atoms with Gasteiger partial charge in [0.05, 0.1) is 17.2 Å². The van der Waals surface area contributed by atoms with Crippen LogP contribution in [0.2, 0.25) is 0 Å². The van der Waals surface area contributed by atoms with Crippen molar-refractivity contribution < 1.29 is 4.79 Å². The Morgan fingerprint density at radius 3 is 2.72 bits per heavy atom. The normalized spacial score (nSPS) is 17.8. The number of nitrogens with zero attached hydrogens (tertiary/aromatic N) is 2. The number of rotatable bonds is 2. The lowest BCUT2D eigenvalue weighted by Gasteiger charge is -2.11. The van der Waals surface area contributed by atoms with Crippen LogP contribution < -0.4 is 10.6 Å². The average molecular weight is 240 g/mol. The Balaban J connectivity index is 2.13. The maximum absolute atomic E-state index is 11.8. The molecular formula is C13H12N4O. The molecule has 1 aromatic rings. The summed E-state index contributed by atoms with van der Waals surface area (Å²) in [7, 11) is 0. The van der Waals surface area contributed by atoms with Gasteiger partial charge in [0.25, 0.3) is 0 Å². The van der Waals surface area contributed by atoms with Gasteiger partial charge in [-0.3, -0.25) is 4.79 Å². The van der Waals surface area contributed by atoms with E-state index in [0.29, 0.717) is 11.3 Å². The summed E-state index contributed by atoms with van der Waals surface area (Å²) in [4.78, 5) is 11.8. The van der Waals surface area contributed by atoms with Crippen molar-refractivity contribution in [3.63, 3.8) is 0 Å². The van der Waals surface area contributed by atoms with Gasteiger partial charge in [0.15, 0.2) is 0 Å². The van der Waals surface area contributed by atoms with Crippen LogP contribution in [0.5, 0.6) is 0 Å². The summed E-state index contributed by atoms with van der Waals surface area (Å²) in [6.45, 7) is 0.856. The molecule has 1 saturated heterocycles. The number of hydrogen-bond donors (Lipinski definition) is 2. The third-order valence-corrected chi connectivity index (χ3v) is 2.90. The maximum Gasteiger partial charge on any atom is 0.241 e. The molecular weight excluding hydrogens is 228 g/mol. The van der Waals surface area contributed by atoms with Gasteiger partial charge < -0.3 is 10.6 Å². The first-order valence-corrected chi connectivity index (χ1v) is 5.73. The monoisotopic (exact) mass is 240 g/mol. The van der Waals surface area contributed by atoms with E-state index in [-0.39, 0.29) is 17.5 Å². The highest BCUT2D eigenvalue weighted by Gasteiger charge is 2.21. The van der Waals surface area contributed by atoms with Crippen LogP contribution in [0.1, 0.15) is 24.0 Å². The van der Waals surface area contributed by atoms with Crippen LogP contribution in [0.4, 0.5) is 5.69 Å². The average Bonchev–Trinajstić information content (AvgIpc) is 2.92. The van der Waals surface area contributed by atoms with Crippen molar-refractivity contribution in [2.45, 2.75) is 18.9 Å². The van der Waals surface area contributed by atoms with Crippen molar-refractivity contribution in [3.05, 3.63) is 29.3 Å². The minimum atomic E-state index is -0.161. The van der Waals surface area contributed by atoms with E-state index in [2.05, 4.69) is 10.6 Å². The number of amides is 1. The molecule has 2 rings (SSSR count). The molecule has 1 aliphatic heterocycles. The van der Waals surface area contributed by atoms with Gasteiger partial charge in [-0.25, -0.2) is 0 Å². The van der Waals surface area contributed by atoms with Crippen LogP contribution in [-0.4, -0.2) is 18.5 Å². The summed E-state index contributed by atoms with van der Waals surface area (Å²) < 4.78 is 0. The lowest BCUT2D eigenvalue weighted by molar-refractivity contribution is -0.117. The molecule has 1 amide bonds. The van der Waals surface area contributed by atoms with Crippen LogP contribution >= 0.6 is 0 Å². The summed E-state index contributed by atoms with van der Waals surface area (Å²) in [5, 5.41) is 23.5. The fraction of sp³-hybridized carbons (Fsp3) is 0.308. The number of benzene rings is 1. The highest BCUT2D eigenvalue weighted by Crippen LogP contribution is 2.16. The van der Waals surface area contributed by atoms with Crippen LogP contribution in [-0.2, 0) is 4.79 Å². The molecule has 0 unspecified atom stereocenters. The van der Waals surface area contributed by atoms with E-state index in [9.17, 15) is 4.79 Å². The summed E-state index contributed by atoms with van der Waals surface area (Å²) in [6, 6.07) is 8.40. The number of nitriles is 2. The van der Waals surface area contributed by atoms with E-state index >= 15 is 0 Å². The zero-order valence-corrected chi connectivity index (χ0v) is 9.73. The van der Waals surface area contributed by atoms with Gasteiger partial charge in [0.1, 0.15) is 12.1 Å². The van der Waals surface area contributed by atoms with E-state index in [1.54, 1.807) is 6.07 Å². The summed E-state index contributed by atoms with van der Waals surface area (Å²) >= 11 is 0. The first-order valence-electron chi connectivity index (χ1n) is 5.73. The summed E-state index contributed by atoms with van der Waals surface area (Å²) in [5.41, 5.74) is 1.13. The molecule has 1 heterocycles. The van der Waals surface area contributed by atoms with Crippen LogP contribution in [0, 0.1) is 22.7 Å². The molecule has 1 atom stereocenters. The number of carbonyl (C=O) groups is 1. The summed E-state index contributed by atoms with van der Waals surface area (Å²) in [6.07, 6.45) is 1.82. The van der Waals surface area contributed by atoms with E-state index in [0.717, 1.165) is 19.4 Å². The molecule has 2 N–H and O–H groups in total. The molecule has 0 aliphatic carbocycles. The molecule has 1 aliphatic rings. The van der Waals surface area contributed by atoms with Crippen molar-refractivity contribution in [2.24, 2.45) is 0 Å². The Morgan fingerprint density at radius 1 is 1.33 bits per heavy atom. The first kappa shape index (κ1) is 12.1. The Bertz CT molecular complexity index is 547. The number of carbonyl (C=O) groups excluding carboxylic acids is 1. The van der Waals surface area contributed by atoms with Gasteiger partial charge in [-0.05, 0) is 37.6 Å². The fourth-order valence-corrected chi connectivity index (χ4v) is 1.95. The first-order chi connectivity index (χ1) is 8.74. The zero-order chi connectivity index (χ0) is 13.0. The van der Waals surface area contributed by atoms with Crippen molar-refractivity contribution in [1.82, 2.24) is 5.32 Å². The second-order valence-electron chi connectivity index (χ2n) is 4.12. The van der Waals surface area contributed by atoms with Crippen molar-refractivity contribution in [3.8, 4) is 12.1 Å². The predicted molar refractivity (Wildman–Crippen MR) is 65.5 cm³/mol. The van der Waals surface area contributed by atoms with E-state index in [1.807, 2.05) is 12.1 Å². The lowest BCUT2D eigenvalue weighted by Crippen LogP contribution is -2.35. The van der Waals surface area contributed by atoms with E-state index in [4.69, 9.17) is 10.5 Å². The smallest absolute Gasteiger partial charge is 0.241 e. The van der Waals surface area contributed by atoms with Crippen LogP contribution in [0.15, 0.2) is 18.2 Å². The van der Waals surface area contributed by atoms with Crippen LogP contribution in [0.3, 0.4) is 0 Å². The quantitative estimate of drug-likeness (QED) is 0.810. The second kappa shape index (κ2) is 5.31. The Labute approximate surface area is 105 Å². The fourth-order valence-electron chi connectivity index (χ4n) is 1.95. The Kier molecular flexibility index (Phi) is 3.57. The third kappa shape index (κ3) is 2.48. The van der Waals surface area contributed by atoms with Crippen molar-refractivity contribution in [1.29, 1.82) is 10.5 Å². The minimum absolute atomic E-state index is 0.0962. The molecule has 0 aromatic heterocycles. The number of hydrogen-bond acceptors (Lipinski definition) is 4. The van der Waals surface area contributed by atoms with Gasteiger partial charge in [0.2, 0.25) is 5.91 Å². The molecule has 1 fully saturated rings. The van der Waals surface area contributed by atoms with Crippen molar-refractivity contribution >= 4 is 11.6 Å². The maximum atomic E-state index is 11.8. The molecule has 5 nitrogen and oxygen atoms in total. The number of anilines is 1. The molecule has 0 radical (unpaired) electrons. The lowest BCUT2D eigenvalue weighted by atomic mass is 10.1. The second-order valence-corrected chi connectivity index (χ2v) is 4.12. The van der Waals surface area contributed by atoms with E-state index in [1.165, 1.54) is 12.1 Å². The Morgan fingerprint density at radius 2 is 2.11 bits per heavy atom. The molecule has 0 saturated carbocycles. The zero-order valence-electron chi connectivity index (χ0n) is 9.73. The predicted octanol–water partition coefficient (Wildman–Crippen LogP) is 1.12. The topological polar surface area (TPSA) is 88.7 Å². The van der Waals surface area contributed by atoms with E-state index < -0.39 is 0 Å². The largest absolute Gasteiger partial charge is 0.325 e. The molecule has 90 valence electrons. The highest BCUT2D eigenvalue weighted by molar-refractivity contribution is 5.95. The molecule has 18 heavy (non-hydrogen) atoms. The van der Waals surface area contributed by atoms with Crippen LogP contribution in [0.25, 0.3) is 0 Å². The Hall–Kier alpha value is -2.37. The SMILES string of the molecule is N#Cc1ccc(NC(=O)[C@@H]2CCCN2)cc1C#N. The molecule has 1 aromatic carbocycles. The summed E-state index contributed by atoms with van der Waals surface area (Å²) in [5.74, 6) is -0.0962. The standard InChI is InChI=1S/C13H12N4O/c14-7-9-3-4-11(6-10(9)8-15)17-13(18)12-2-1-5-16-12/h3-4,6,12,16H,1-2,5H2,(H,17,18)/t12-/m0/s1. The van der Waals surface area contributed by atoms with Gasteiger partial charge in [-0.1, -0.05) is 0 Å². The molecule has 0 bridgehead atoms. The highest BCUT2D eigenvalue weighted by atomic mass is 16.2. The third-order valence-electron chi connectivity index (χ3n) is 2.90. The minimum Gasteiger partial charge on any atom is -0.325 e. The van der Waals surface area contributed by atoms with Gasteiger partial charge in [0, 0.05) is 5.69 Å². The molecule has 0 spiro atoms. The van der Waals surface area contributed by atoms with Gasteiger partial charge >= 0.3 is 0 Å². The number of nitrogens with one attached hydrogen (secondary N) is 2. The van der Waals surface area contributed by atoms with Gasteiger partial charge in [-0.2, -0.15) is 10.5 Å².